The third-order valence-corrected chi connectivity index (χ3v) is 14.4. The van der Waals surface area contributed by atoms with E-state index in [4.69, 9.17) is 20.3 Å². The summed E-state index contributed by atoms with van der Waals surface area (Å²) in [6.45, 7) is 2.80. The van der Waals surface area contributed by atoms with Crippen LogP contribution in [0, 0.1) is 22.7 Å². The number of ether oxygens (including phenoxy) is 2. The largest absolute Gasteiger partial charge is 0.481 e. The Bertz CT molecular complexity index is 1730. The molecular weight excluding hydrogens is 1460 g/mol. The van der Waals surface area contributed by atoms with Gasteiger partial charge in [0.2, 0.25) is 5.91 Å². The fourth-order valence-corrected chi connectivity index (χ4v) is 9.81. The molecule has 2 saturated heterocycles. The van der Waals surface area contributed by atoms with Crippen LogP contribution in [0.5, 0.6) is 0 Å². The van der Waals surface area contributed by atoms with Gasteiger partial charge in [0.25, 0.3) is 0 Å². The number of halogens is 6. The molecule has 13 nitrogen and oxygen atoms in total. The molecule has 2 aromatic carbocycles. The van der Waals surface area contributed by atoms with Gasteiger partial charge in [-0.2, -0.15) is 0 Å². The third kappa shape index (κ3) is 19.3. The molecule has 6 N–H and O–H groups in total. The molecule has 2 unspecified atom stereocenters. The molecule has 0 radical (unpaired) electrons. The predicted octanol–water partition coefficient (Wildman–Crippen LogP) is 5.57. The summed E-state index contributed by atoms with van der Waals surface area (Å²) in [5, 5.41) is 24.5. The maximum Gasteiger partial charge on any atom is 0.310 e. The maximum atomic E-state index is 12.4. The Balaban J connectivity index is 0.000000476. The van der Waals surface area contributed by atoms with Crippen molar-refractivity contribution < 1.29 is 54.3 Å². The summed E-state index contributed by atoms with van der Waals surface area (Å²) < 4.78 is 59.7. The molecule has 2 heterocycles. The van der Waals surface area contributed by atoms with Gasteiger partial charge in [-0.1, -0.05) is 24.3 Å². The topological polar surface area (TPSA) is 227 Å². The van der Waals surface area contributed by atoms with Crippen LogP contribution in [0.3, 0.4) is 0 Å². The van der Waals surface area contributed by atoms with Crippen LogP contribution in [0.2, 0.25) is 0 Å². The molecule has 4 aliphatic rings. The number of hydrogen-bond donors (Lipinski definition) is 5. The van der Waals surface area contributed by atoms with Gasteiger partial charge in [-0.15, -0.1) is 24.0 Å². The molecule has 0 aromatic heterocycles. The molecule has 2 aliphatic carbocycles. The summed E-state index contributed by atoms with van der Waals surface area (Å²) in [7, 11) is -6.44. The molecule has 0 spiro atoms. The van der Waals surface area contributed by atoms with E-state index < -0.39 is 31.6 Å². The normalized spacial score (nSPS) is 18.0. The quantitative estimate of drug-likeness (QED) is 0.0952. The second-order valence-corrected chi connectivity index (χ2v) is 34.2. The number of sulfone groups is 2. The number of nitrogens with two attached hydrogens (primary N) is 1. The minimum Gasteiger partial charge on any atom is -0.481 e. The minimum absolute atomic E-state index is 0. The number of rotatable bonds is 13. The second-order valence-electron chi connectivity index (χ2n) is 13.5. The van der Waals surface area contributed by atoms with Crippen molar-refractivity contribution in [3.63, 3.8) is 0 Å². The summed E-state index contributed by atoms with van der Waals surface area (Å²) in [6.07, 6.45) is 9.44. The second kappa shape index (κ2) is 29.9. The molecule has 2 aliphatic heterocycles. The SMILES string of the molecule is I.II.I[I-]I.N=CN.N=CNC(=O)C(CC1CCOCC1)c1ccc(S(=O)(=O)C2CC2)cc1.O=C(O)C(CC1CCOCC1)c1ccc(S(=O)(=O)C2CC2)cc1. The Morgan fingerprint density at radius 1 is 0.737 bits per heavy atom. The van der Waals surface area contributed by atoms with Gasteiger partial charge in [0.05, 0.1) is 44.8 Å². The average Bonchev–Trinajstić information content (AvgIpc) is 4.13. The number of nitrogens with one attached hydrogen (secondary N) is 3. The van der Waals surface area contributed by atoms with E-state index in [9.17, 15) is 31.5 Å². The van der Waals surface area contributed by atoms with Crippen LogP contribution in [0.4, 0.5) is 0 Å². The monoisotopic (exact) mass is 1510 g/mol. The Morgan fingerprint density at radius 2 is 1.05 bits per heavy atom. The smallest absolute Gasteiger partial charge is 0.310 e. The van der Waals surface area contributed by atoms with Gasteiger partial charge in [0.1, 0.15) is 0 Å². The number of hydrogen-bond acceptors (Lipinski definition) is 10. The van der Waals surface area contributed by atoms with E-state index >= 15 is 0 Å². The molecule has 0 bridgehead atoms. The summed E-state index contributed by atoms with van der Waals surface area (Å²) in [5.74, 6) is -1.31. The molecule has 6 rings (SSSR count). The van der Waals surface area contributed by atoms with E-state index in [1.54, 1.807) is 48.5 Å². The molecule has 4 fully saturated rings. The number of aliphatic carboxylic acids is 1. The molecule has 2 atom stereocenters. The third-order valence-electron chi connectivity index (χ3n) is 9.80. The van der Waals surface area contributed by atoms with Crippen molar-refractivity contribution in [2.24, 2.45) is 17.6 Å². The van der Waals surface area contributed by atoms with Crippen LogP contribution >= 0.6 is 98.4 Å². The Kier molecular flexibility index (Phi) is 29.3. The summed E-state index contributed by atoms with van der Waals surface area (Å²) >= 11 is 9.54. The standard InChI is InChI=1S/C18H24N2O4S.C17H22O5S.CH4N2.I3.I2.HI/c19-12-20-18(21)17(11-13-7-9-24-10-8-13)14-1-3-15(4-2-14)25(22,23)16-5-6-16;18-17(19)16(11-12-7-9-22-10-8-12)13-1-3-14(4-2-13)23(20,21)15-5-6-15;2-1-3;1-3-2;1-2;/h1-4,12-13,16-17H,5-11H2,(H2,19,20,21);1-4,12,15-16H,5-11H2,(H,18,19);1H,(H3,2,3);;;1H/q;;;-1;;. The van der Waals surface area contributed by atoms with E-state index in [2.05, 4.69) is 85.5 Å². The van der Waals surface area contributed by atoms with Crippen LogP contribution in [0.15, 0.2) is 58.3 Å². The van der Waals surface area contributed by atoms with Gasteiger partial charge in [-0.3, -0.25) is 20.4 Å². The minimum atomic E-state index is -3.22. The van der Waals surface area contributed by atoms with E-state index in [0.717, 1.165) is 69.6 Å². The van der Waals surface area contributed by atoms with Crippen molar-refractivity contribution in [1.29, 1.82) is 10.8 Å². The summed E-state index contributed by atoms with van der Waals surface area (Å²) in [5.41, 5.74) is 5.86. The van der Waals surface area contributed by atoms with E-state index in [1.807, 2.05) is 0 Å². The number of carboxylic acid groups (broad SMARTS) is 1. The van der Waals surface area contributed by atoms with Crippen molar-refractivity contribution in [2.75, 3.05) is 26.4 Å². The van der Waals surface area contributed by atoms with Crippen molar-refractivity contribution in [1.82, 2.24) is 5.32 Å². The van der Waals surface area contributed by atoms with E-state index in [1.165, 1.54) is 0 Å². The Hall–Kier alpha value is 0.720. The fourth-order valence-electron chi connectivity index (χ4n) is 6.50. The van der Waals surface area contributed by atoms with Crippen molar-refractivity contribution in [2.45, 2.75) is 96.3 Å². The van der Waals surface area contributed by atoms with Crippen LogP contribution in [0.1, 0.15) is 87.2 Å². The van der Waals surface area contributed by atoms with Crippen LogP contribution in [0.25, 0.3) is 0 Å². The van der Waals surface area contributed by atoms with Gasteiger partial charge >= 0.3 is 56.5 Å². The fraction of sp³-hybridized carbons (Fsp3) is 0.556. The summed E-state index contributed by atoms with van der Waals surface area (Å²) in [6, 6.07) is 13.1. The van der Waals surface area contributed by atoms with Crippen LogP contribution in [-0.4, -0.2) is 83.4 Å². The molecular formula is C36H51I6N4O9S2-. The number of benzene rings is 2. The van der Waals surface area contributed by atoms with Crippen molar-refractivity contribution in [3.05, 3.63) is 59.7 Å². The Morgan fingerprint density at radius 3 is 1.35 bits per heavy atom. The number of carbonyl (C=O) groups excluding carboxylic acids is 1. The van der Waals surface area contributed by atoms with Gasteiger partial charge < -0.3 is 25.6 Å². The zero-order valence-corrected chi connectivity index (χ0v) is 45.8. The van der Waals surface area contributed by atoms with E-state index in [0.29, 0.717) is 79.7 Å². The van der Waals surface area contributed by atoms with Crippen LogP contribution < -0.4 is 24.3 Å². The van der Waals surface area contributed by atoms with Gasteiger partial charge in [-0.25, -0.2) is 16.8 Å². The zero-order valence-electron chi connectivity index (χ0n) is 31.0. The van der Waals surface area contributed by atoms with Gasteiger partial charge in [0.15, 0.2) is 19.7 Å². The molecule has 2 aromatic rings. The molecule has 57 heavy (non-hydrogen) atoms. The first-order valence-electron chi connectivity index (χ1n) is 17.9. The average molecular weight is 1510 g/mol. The van der Waals surface area contributed by atoms with Gasteiger partial charge in [-0.05, 0) is 111 Å². The predicted molar refractivity (Wildman–Crippen MR) is 264 cm³/mol. The number of carbonyl (C=O) groups is 2. The first-order chi connectivity index (χ1) is 26.8. The molecule has 1 amide bonds. The van der Waals surface area contributed by atoms with Crippen molar-refractivity contribution >= 4 is 143 Å². The molecule has 21 heteroatoms. The Labute approximate surface area is 407 Å². The van der Waals surface area contributed by atoms with Gasteiger partial charge in [0, 0.05) is 63.7 Å². The summed E-state index contributed by atoms with van der Waals surface area (Å²) in [4.78, 5) is 24.7. The first kappa shape index (κ1) is 55.7. The molecule has 324 valence electrons. The first-order valence-corrected chi connectivity index (χ1v) is 39.9. The number of amides is 1. The van der Waals surface area contributed by atoms with Crippen molar-refractivity contribution in [3.8, 4) is 0 Å². The number of carboxylic acids is 1. The maximum absolute atomic E-state index is 12.4. The molecule has 2 saturated carbocycles. The van der Waals surface area contributed by atoms with Crippen LogP contribution in [-0.2, 0) is 38.7 Å². The zero-order chi connectivity index (χ0) is 41.7. The van der Waals surface area contributed by atoms with E-state index in [-0.39, 0.29) is 46.3 Å².